The maximum Gasteiger partial charge on any atom is 0.224 e. The van der Waals surface area contributed by atoms with Crippen LogP contribution in [0.5, 0.6) is 0 Å². The third kappa shape index (κ3) is 3.26. The van der Waals surface area contributed by atoms with Crippen LogP contribution in [0.15, 0.2) is 30.6 Å². The Morgan fingerprint density at radius 2 is 2.22 bits per heavy atom. The first-order valence-electron chi connectivity index (χ1n) is 7.77. The van der Waals surface area contributed by atoms with Crippen molar-refractivity contribution in [3.05, 3.63) is 47.4 Å². The first-order valence-corrected chi connectivity index (χ1v) is 7.77. The molecule has 0 unspecified atom stereocenters. The van der Waals surface area contributed by atoms with Crippen LogP contribution in [-0.2, 0) is 17.8 Å². The maximum atomic E-state index is 12.2. The van der Waals surface area contributed by atoms with Crippen LogP contribution >= 0.6 is 0 Å². The van der Waals surface area contributed by atoms with Crippen LogP contribution in [-0.4, -0.2) is 25.9 Å². The third-order valence-electron chi connectivity index (χ3n) is 3.91. The van der Waals surface area contributed by atoms with Crippen LogP contribution in [0.1, 0.15) is 36.7 Å². The van der Waals surface area contributed by atoms with E-state index in [1.807, 2.05) is 38.4 Å². The number of fused-ring (bicyclic) bond motifs is 1. The van der Waals surface area contributed by atoms with Crippen molar-refractivity contribution < 1.29 is 4.79 Å². The number of aromatic amines is 1. The van der Waals surface area contributed by atoms with Gasteiger partial charge < -0.3 is 10.3 Å². The van der Waals surface area contributed by atoms with Gasteiger partial charge in [0.1, 0.15) is 5.69 Å². The first kappa shape index (κ1) is 15.3. The van der Waals surface area contributed by atoms with E-state index in [-0.39, 0.29) is 11.9 Å². The van der Waals surface area contributed by atoms with Crippen molar-refractivity contribution in [3.8, 4) is 0 Å². The molecule has 1 aromatic carbocycles. The minimum atomic E-state index is -0.0218. The Kier molecular flexibility index (Phi) is 4.14. The molecule has 2 N–H and O–H groups in total. The molecule has 0 aliphatic heterocycles. The molecule has 0 fully saturated rings. The molecule has 0 aliphatic rings. The molecule has 0 atom stereocenters. The van der Waals surface area contributed by atoms with E-state index in [2.05, 4.69) is 33.6 Å². The number of benzene rings is 1. The van der Waals surface area contributed by atoms with Gasteiger partial charge in [0.15, 0.2) is 0 Å². The standard InChI is InChI=1S/C17H21N5O/c1-11(2)22-10-14(20-21-22)9-18-16(23)7-13-8-19-17-12(3)5-4-6-15(13)17/h4-6,8,10-11,19H,7,9H2,1-3H3,(H,18,23). The molecule has 120 valence electrons. The van der Waals surface area contributed by atoms with Crippen molar-refractivity contribution in [2.75, 3.05) is 0 Å². The van der Waals surface area contributed by atoms with Crippen molar-refractivity contribution in [1.82, 2.24) is 25.3 Å². The molecule has 6 nitrogen and oxygen atoms in total. The topological polar surface area (TPSA) is 75.6 Å². The van der Waals surface area contributed by atoms with Gasteiger partial charge in [-0.3, -0.25) is 4.79 Å². The average molecular weight is 311 g/mol. The highest BCUT2D eigenvalue weighted by atomic mass is 16.1. The van der Waals surface area contributed by atoms with Gasteiger partial charge in [-0.2, -0.15) is 0 Å². The molecule has 0 saturated carbocycles. The number of para-hydroxylation sites is 1. The van der Waals surface area contributed by atoms with Gasteiger partial charge >= 0.3 is 0 Å². The molecule has 0 bridgehead atoms. The minimum Gasteiger partial charge on any atom is -0.361 e. The van der Waals surface area contributed by atoms with Gasteiger partial charge in [-0.15, -0.1) is 5.10 Å². The summed E-state index contributed by atoms with van der Waals surface area (Å²) in [5.41, 5.74) is 4.04. The van der Waals surface area contributed by atoms with E-state index in [1.165, 1.54) is 5.56 Å². The third-order valence-corrected chi connectivity index (χ3v) is 3.91. The lowest BCUT2D eigenvalue weighted by Gasteiger charge is -2.03. The Morgan fingerprint density at radius 3 is 2.96 bits per heavy atom. The predicted octanol–water partition coefficient (Wildman–Crippen LogP) is 2.51. The van der Waals surface area contributed by atoms with Crippen molar-refractivity contribution in [1.29, 1.82) is 0 Å². The van der Waals surface area contributed by atoms with Gasteiger partial charge in [0.05, 0.1) is 19.2 Å². The van der Waals surface area contributed by atoms with Gasteiger partial charge in [0.25, 0.3) is 0 Å². The lowest BCUT2D eigenvalue weighted by atomic mass is 10.1. The van der Waals surface area contributed by atoms with E-state index in [0.717, 1.165) is 22.2 Å². The summed E-state index contributed by atoms with van der Waals surface area (Å²) in [6.07, 6.45) is 4.12. The van der Waals surface area contributed by atoms with Crippen LogP contribution in [0.25, 0.3) is 10.9 Å². The highest BCUT2D eigenvalue weighted by Crippen LogP contribution is 2.21. The fraction of sp³-hybridized carbons (Fsp3) is 0.353. The van der Waals surface area contributed by atoms with Crippen LogP contribution in [0.3, 0.4) is 0 Å². The molecular weight excluding hydrogens is 290 g/mol. The van der Waals surface area contributed by atoms with Crippen molar-refractivity contribution in [3.63, 3.8) is 0 Å². The highest BCUT2D eigenvalue weighted by Gasteiger charge is 2.10. The monoisotopic (exact) mass is 311 g/mol. The van der Waals surface area contributed by atoms with Crippen molar-refractivity contribution in [2.45, 2.75) is 39.8 Å². The van der Waals surface area contributed by atoms with Gasteiger partial charge in [-0.25, -0.2) is 4.68 Å². The van der Waals surface area contributed by atoms with E-state index < -0.39 is 0 Å². The van der Waals surface area contributed by atoms with Crippen molar-refractivity contribution in [2.24, 2.45) is 0 Å². The Bertz CT molecular complexity index is 830. The number of carbonyl (C=O) groups excluding carboxylic acids is 1. The second-order valence-electron chi connectivity index (χ2n) is 6.05. The first-order chi connectivity index (χ1) is 11.0. The molecule has 6 heteroatoms. The average Bonchev–Trinajstić information content (AvgIpc) is 3.14. The van der Waals surface area contributed by atoms with E-state index >= 15 is 0 Å². The summed E-state index contributed by atoms with van der Waals surface area (Å²) in [5, 5.41) is 12.1. The quantitative estimate of drug-likeness (QED) is 0.760. The molecule has 0 spiro atoms. The second kappa shape index (κ2) is 6.24. The van der Waals surface area contributed by atoms with E-state index in [4.69, 9.17) is 0 Å². The lowest BCUT2D eigenvalue weighted by molar-refractivity contribution is -0.120. The number of hydrogen-bond donors (Lipinski definition) is 2. The molecule has 0 aliphatic carbocycles. The van der Waals surface area contributed by atoms with Gasteiger partial charge in [-0.1, -0.05) is 23.4 Å². The molecule has 1 amide bonds. The number of aromatic nitrogens is 4. The maximum absolute atomic E-state index is 12.2. The smallest absolute Gasteiger partial charge is 0.224 e. The Morgan fingerprint density at radius 1 is 1.39 bits per heavy atom. The van der Waals surface area contributed by atoms with E-state index in [0.29, 0.717) is 13.0 Å². The Labute approximate surface area is 134 Å². The normalized spacial score (nSPS) is 11.3. The minimum absolute atomic E-state index is 0.0218. The summed E-state index contributed by atoms with van der Waals surface area (Å²) in [6, 6.07) is 6.37. The number of hydrogen-bond acceptors (Lipinski definition) is 3. The zero-order valence-electron chi connectivity index (χ0n) is 13.6. The van der Waals surface area contributed by atoms with E-state index in [1.54, 1.807) is 4.68 Å². The molecule has 3 rings (SSSR count). The Balaban J connectivity index is 1.63. The molecule has 0 radical (unpaired) electrons. The molecule has 2 aromatic heterocycles. The zero-order valence-corrected chi connectivity index (χ0v) is 13.6. The summed E-state index contributed by atoms with van der Waals surface area (Å²) in [6.45, 7) is 6.53. The Hall–Kier alpha value is -2.63. The lowest BCUT2D eigenvalue weighted by Crippen LogP contribution is -2.24. The largest absolute Gasteiger partial charge is 0.361 e. The molecule has 23 heavy (non-hydrogen) atoms. The predicted molar refractivity (Wildman–Crippen MR) is 89.0 cm³/mol. The number of nitrogens with one attached hydrogen (secondary N) is 2. The number of H-pyrrole nitrogens is 1. The molecule has 2 heterocycles. The second-order valence-corrected chi connectivity index (χ2v) is 6.05. The highest BCUT2D eigenvalue weighted by molar-refractivity contribution is 5.90. The van der Waals surface area contributed by atoms with Gasteiger partial charge in [0.2, 0.25) is 5.91 Å². The SMILES string of the molecule is Cc1cccc2c(CC(=O)NCc3cn(C(C)C)nn3)c[nH]c12. The van der Waals surface area contributed by atoms with Crippen LogP contribution in [0, 0.1) is 6.92 Å². The number of aryl methyl sites for hydroxylation is 1. The van der Waals surface area contributed by atoms with Crippen molar-refractivity contribution >= 4 is 16.8 Å². The van der Waals surface area contributed by atoms with Crippen LogP contribution in [0.2, 0.25) is 0 Å². The summed E-state index contributed by atoms with van der Waals surface area (Å²) in [5.74, 6) is -0.0218. The number of amides is 1. The van der Waals surface area contributed by atoms with Gasteiger partial charge in [-0.05, 0) is 31.9 Å². The fourth-order valence-electron chi connectivity index (χ4n) is 2.58. The number of rotatable bonds is 5. The molecular formula is C17H21N5O. The number of carbonyl (C=O) groups is 1. The summed E-state index contributed by atoms with van der Waals surface area (Å²) in [4.78, 5) is 15.4. The van der Waals surface area contributed by atoms with Crippen LogP contribution in [0.4, 0.5) is 0 Å². The summed E-state index contributed by atoms with van der Waals surface area (Å²) < 4.78 is 1.78. The number of nitrogens with zero attached hydrogens (tertiary/aromatic N) is 3. The fourth-order valence-corrected chi connectivity index (χ4v) is 2.58. The zero-order chi connectivity index (χ0) is 16.4. The molecule has 0 saturated heterocycles. The van der Waals surface area contributed by atoms with Gasteiger partial charge in [0, 0.05) is 23.1 Å². The van der Waals surface area contributed by atoms with E-state index in [9.17, 15) is 4.79 Å². The summed E-state index contributed by atoms with van der Waals surface area (Å²) in [7, 11) is 0. The molecule has 3 aromatic rings. The van der Waals surface area contributed by atoms with Crippen LogP contribution < -0.4 is 5.32 Å². The summed E-state index contributed by atoms with van der Waals surface area (Å²) >= 11 is 0.